The van der Waals surface area contributed by atoms with Crippen LogP contribution >= 0.6 is 15.9 Å². The van der Waals surface area contributed by atoms with Crippen molar-refractivity contribution in [2.24, 2.45) is 0 Å². The van der Waals surface area contributed by atoms with E-state index in [9.17, 15) is 14.5 Å². The van der Waals surface area contributed by atoms with Gasteiger partial charge in [0.1, 0.15) is 11.5 Å². The van der Waals surface area contributed by atoms with Gasteiger partial charge >= 0.3 is 0 Å². The molecular formula is C14H9BrFN3O2. The third-order valence-electron chi connectivity index (χ3n) is 2.80. The fourth-order valence-corrected chi connectivity index (χ4v) is 2.14. The molecule has 0 aromatic heterocycles. The van der Waals surface area contributed by atoms with E-state index < -0.39 is 10.7 Å². The smallest absolute Gasteiger partial charge is 0.292 e. The summed E-state index contributed by atoms with van der Waals surface area (Å²) in [6.07, 6.45) is 0. The molecule has 21 heavy (non-hydrogen) atoms. The first-order valence-electron chi connectivity index (χ1n) is 5.87. The highest BCUT2D eigenvalue weighted by Gasteiger charge is 2.14. The third-order valence-corrected chi connectivity index (χ3v) is 3.29. The first-order valence-corrected chi connectivity index (χ1v) is 6.67. The van der Waals surface area contributed by atoms with Gasteiger partial charge in [-0.25, -0.2) is 4.39 Å². The van der Waals surface area contributed by atoms with E-state index in [1.54, 1.807) is 12.1 Å². The maximum atomic E-state index is 13.7. The summed E-state index contributed by atoms with van der Waals surface area (Å²) in [5.74, 6) is -0.473. The summed E-state index contributed by atoms with van der Waals surface area (Å²) in [6, 6.07) is 10.4. The minimum absolute atomic E-state index is 0.0403. The zero-order valence-corrected chi connectivity index (χ0v) is 12.2. The number of nitrogens with zero attached hydrogens (tertiary/aromatic N) is 2. The van der Waals surface area contributed by atoms with Crippen LogP contribution in [0.15, 0.2) is 40.9 Å². The number of halogens is 2. The Balaban J connectivity index is 2.26. The molecule has 0 saturated heterocycles. The Morgan fingerprint density at radius 2 is 2.10 bits per heavy atom. The number of nitro benzene ring substituents is 1. The Kier molecular flexibility index (Phi) is 4.50. The minimum atomic E-state index is -0.517. The number of rotatable bonds is 4. The van der Waals surface area contributed by atoms with Gasteiger partial charge in [-0.3, -0.25) is 10.1 Å². The highest BCUT2D eigenvalue weighted by Crippen LogP contribution is 2.28. The van der Waals surface area contributed by atoms with Crippen molar-refractivity contribution in [3.05, 3.63) is 67.9 Å². The molecule has 2 rings (SSSR count). The first-order chi connectivity index (χ1) is 10.0. The van der Waals surface area contributed by atoms with Crippen molar-refractivity contribution in [1.82, 2.24) is 0 Å². The topological polar surface area (TPSA) is 79.0 Å². The number of nitriles is 1. The number of anilines is 1. The van der Waals surface area contributed by atoms with Gasteiger partial charge in [0.15, 0.2) is 0 Å². The molecule has 0 saturated carbocycles. The van der Waals surface area contributed by atoms with Crippen LogP contribution in [0.25, 0.3) is 0 Å². The molecule has 0 radical (unpaired) electrons. The van der Waals surface area contributed by atoms with E-state index in [0.717, 1.165) is 0 Å². The van der Waals surface area contributed by atoms with Crippen molar-refractivity contribution in [3.63, 3.8) is 0 Å². The molecule has 7 heteroatoms. The number of nitro groups is 1. The largest absolute Gasteiger partial charge is 0.375 e. The van der Waals surface area contributed by atoms with Gasteiger partial charge in [0, 0.05) is 22.6 Å². The Labute approximate surface area is 128 Å². The van der Waals surface area contributed by atoms with Gasteiger partial charge in [0.25, 0.3) is 5.69 Å². The number of hydrogen-bond acceptors (Lipinski definition) is 4. The van der Waals surface area contributed by atoms with Crippen molar-refractivity contribution < 1.29 is 9.31 Å². The number of hydrogen-bond donors (Lipinski definition) is 1. The summed E-state index contributed by atoms with van der Waals surface area (Å²) >= 11 is 3.23. The molecule has 0 spiro atoms. The predicted molar refractivity (Wildman–Crippen MR) is 79.2 cm³/mol. The Hall–Kier alpha value is -2.46. The van der Waals surface area contributed by atoms with E-state index in [-0.39, 0.29) is 23.5 Å². The average molecular weight is 350 g/mol. The highest BCUT2D eigenvalue weighted by molar-refractivity contribution is 9.10. The van der Waals surface area contributed by atoms with Gasteiger partial charge in [0.05, 0.1) is 16.6 Å². The van der Waals surface area contributed by atoms with Gasteiger partial charge in [0.2, 0.25) is 0 Å². The minimum Gasteiger partial charge on any atom is -0.375 e. The van der Waals surface area contributed by atoms with Crippen molar-refractivity contribution >= 4 is 27.3 Å². The Bertz CT molecular complexity index is 743. The van der Waals surface area contributed by atoms with E-state index in [4.69, 9.17) is 5.26 Å². The van der Waals surface area contributed by atoms with Crippen LogP contribution < -0.4 is 5.32 Å². The molecule has 1 N–H and O–H groups in total. The van der Waals surface area contributed by atoms with E-state index >= 15 is 0 Å². The maximum Gasteiger partial charge on any atom is 0.292 e. The zero-order chi connectivity index (χ0) is 15.4. The van der Waals surface area contributed by atoms with Crippen LogP contribution in [-0.4, -0.2) is 4.92 Å². The van der Waals surface area contributed by atoms with Gasteiger partial charge in [-0.2, -0.15) is 5.26 Å². The van der Waals surface area contributed by atoms with Crippen molar-refractivity contribution in [1.29, 1.82) is 5.26 Å². The van der Waals surface area contributed by atoms with E-state index in [1.165, 1.54) is 24.3 Å². The molecule has 106 valence electrons. The molecule has 0 aliphatic heterocycles. The zero-order valence-electron chi connectivity index (χ0n) is 10.6. The SMILES string of the molecule is N#Cc1ccc(F)c(CNc2cc(Br)ccc2[N+](=O)[O-])c1. The van der Waals surface area contributed by atoms with Gasteiger partial charge in [-0.15, -0.1) is 0 Å². The molecular weight excluding hydrogens is 341 g/mol. The first kappa shape index (κ1) is 14.9. The molecule has 5 nitrogen and oxygen atoms in total. The Morgan fingerprint density at radius 3 is 2.76 bits per heavy atom. The molecule has 0 atom stereocenters. The van der Waals surface area contributed by atoms with Crippen LogP contribution in [-0.2, 0) is 6.54 Å². The summed E-state index contributed by atoms with van der Waals surface area (Å²) < 4.78 is 14.3. The predicted octanol–water partition coefficient (Wildman–Crippen LogP) is 3.98. The van der Waals surface area contributed by atoms with Crippen molar-refractivity contribution in [2.45, 2.75) is 6.54 Å². The van der Waals surface area contributed by atoms with Crippen LogP contribution in [0.5, 0.6) is 0 Å². The molecule has 0 bridgehead atoms. The van der Waals surface area contributed by atoms with Crippen LogP contribution in [0.3, 0.4) is 0 Å². The fourth-order valence-electron chi connectivity index (χ4n) is 1.78. The third kappa shape index (κ3) is 3.55. The fraction of sp³-hybridized carbons (Fsp3) is 0.0714. The second-order valence-corrected chi connectivity index (χ2v) is 5.11. The summed E-state index contributed by atoms with van der Waals surface area (Å²) in [5, 5.41) is 22.6. The van der Waals surface area contributed by atoms with Gasteiger partial charge in [-0.1, -0.05) is 15.9 Å². The normalized spacial score (nSPS) is 9.95. The summed E-state index contributed by atoms with van der Waals surface area (Å²) in [5.41, 5.74) is 0.770. The standard InChI is InChI=1S/C14H9BrFN3O2/c15-11-2-4-14(19(20)21)13(6-11)18-8-10-5-9(7-17)1-3-12(10)16/h1-6,18H,8H2. The average Bonchev–Trinajstić information content (AvgIpc) is 2.46. The van der Waals surface area contributed by atoms with Gasteiger partial charge in [-0.05, 0) is 30.3 Å². The summed E-state index contributed by atoms with van der Waals surface area (Å²) in [6.45, 7) is 0.0403. The molecule has 0 fully saturated rings. The van der Waals surface area contributed by atoms with E-state index in [1.807, 2.05) is 6.07 Å². The van der Waals surface area contributed by atoms with Gasteiger partial charge < -0.3 is 5.32 Å². The summed E-state index contributed by atoms with van der Waals surface area (Å²) in [4.78, 5) is 10.4. The molecule has 0 amide bonds. The second kappa shape index (κ2) is 6.33. The van der Waals surface area contributed by atoms with Crippen LogP contribution in [0.4, 0.5) is 15.8 Å². The lowest BCUT2D eigenvalue weighted by molar-refractivity contribution is -0.384. The highest BCUT2D eigenvalue weighted by atomic mass is 79.9. The maximum absolute atomic E-state index is 13.7. The molecule has 0 aliphatic carbocycles. The van der Waals surface area contributed by atoms with Crippen LogP contribution in [0.2, 0.25) is 0 Å². The lowest BCUT2D eigenvalue weighted by Gasteiger charge is -2.09. The van der Waals surface area contributed by atoms with E-state index in [0.29, 0.717) is 10.0 Å². The molecule has 0 unspecified atom stereocenters. The second-order valence-electron chi connectivity index (χ2n) is 4.19. The molecule has 2 aromatic rings. The van der Waals surface area contributed by atoms with E-state index in [2.05, 4.69) is 21.2 Å². The lowest BCUT2D eigenvalue weighted by Crippen LogP contribution is -2.04. The van der Waals surface area contributed by atoms with Crippen LogP contribution in [0.1, 0.15) is 11.1 Å². The lowest BCUT2D eigenvalue weighted by atomic mass is 10.1. The van der Waals surface area contributed by atoms with Crippen molar-refractivity contribution in [3.8, 4) is 6.07 Å². The Morgan fingerprint density at radius 1 is 1.33 bits per heavy atom. The quantitative estimate of drug-likeness (QED) is 0.668. The molecule has 0 heterocycles. The molecule has 2 aromatic carbocycles. The summed E-state index contributed by atoms with van der Waals surface area (Å²) in [7, 11) is 0. The molecule has 0 aliphatic rings. The number of benzene rings is 2. The monoisotopic (exact) mass is 349 g/mol. The van der Waals surface area contributed by atoms with Crippen LogP contribution in [0, 0.1) is 27.3 Å². The number of nitrogens with one attached hydrogen (secondary N) is 1. The van der Waals surface area contributed by atoms with Crippen molar-refractivity contribution in [2.75, 3.05) is 5.32 Å².